The Morgan fingerprint density at radius 3 is 1.50 bits per heavy atom. The van der Waals surface area contributed by atoms with Gasteiger partial charge in [0.1, 0.15) is 0 Å². The summed E-state index contributed by atoms with van der Waals surface area (Å²) in [6, 6.07) is 0. The zero-order chi connectivity index (χ0) is 7.86. The van der Waals surface area contributed by atoms with Gasteiger partial charge >= 0.3 is 43.7 Å². The summed E-state index contributed by atoms with van der Waals surface area (Å²) < 4.78 is 0. The van der Waals surface area contributed by atoms with E-state index in [0.29, 0.717) is 0 Å². The molecule has 10 heavy (non-hydrogen) atoms. The first-order chi connectivity index (χ1) is 4.00. The fourth-order valence-corrected chi connectivity index (χ4v) is 0. The van der Waals surface area contributed by atoms with Crippen molar-refractivity contribution in [3.63, 3.8) is 0 Å². The van der Waals surface area contributed by atoms with Crippen molar-refractivity contribution in [3.8, 4) is 0 Å². The Bertz CT molecular complexity index is 117. The van der Waals surface area contributed by atoms with Gasteiger partial charge in [0, 0.05) is 6.08 Å². The molecule has 52 valence electrons. The van der Waals surface area contributed by atoms with Crippen LogP contribution in [-0.2, 0) is 4.79 Å². The molecule has 0 fully saturated rings. The number of carboxylic acid groups (broad SMARTS) is 3. The zero-order valence-electron chi connectivity index (χ0n) is 5.07. The van der Waals surface area contributed by atoms with Gasteiger partial charge in [0.15, 0.2) is 0 Å². The van der Waals surface area contributed by atoms with Crippen LogP contribution in [0.4, 0.5) is 4.79 Å². The Labute approximate surface area is 87.0 Å². The number of rotatable bonds is 1. The van der Waals surface area contributed by atoms with Gasteiger partial charge in [-0.15, -0.1) is 0 Å². The largest absolute Gasteiger partial charge is 2.00 e. The Morgan fingerprint density at radius 2 is 1.50 bits per heavy atom. The van der Waals surface area contributed by atoms with E-state index in [0.717, 1.165) is 6.08 Å². The van der Waals surface area contributed by atoms with Crippen molar-refractivity contribution in [1.29, 1.82) is 0 Å². The van der Waals surface area contributed by atoms with Gasteiger partial charge < -0.3 is 20.1 Å². The van der Waals surface area contributed by atoms with Crippen LogP contribution in [0, 0.1) is 0 Å². The monoisotopic (exact) mass is 172 g/mol. The number of carbonyl (C=O) groups is 2. The molecule has 0 saturated carbocycles. The third kappa shape index (κ3) is 116. The summed E-state index contributed by atoms with van der Waals surface area (Å²) in [7, 11) is 0. The molecular weight excluding hydrogens is 168 g/mol. The van der Waals surface area contributed by atoms with Crippen molar-refractivity contribution in [2.75, 3.05) is 0 Å². The van der Waals surface area contributed by atoms with E-state index in [1.807, 2.05) is 0 Å². The summed E-state index contributed by atoms with van der Waals surface area (Å²) >= 11 is 0. The van der Waals surface area contributed by atoms with Gasteiger partial charge in [0.05, 0.1) is 0 Å². The standard InChI is InChI=1S/C3H4O2.CH2O3.Ca/c1-2-3(4)5;2-1(3)4;/h2H,1H2,(H,4,5);(H2,2,3,4);/q;;+2/p-2. The molecule has 0 aliphatic heterocycles. The van der Waals surface area contributed by atoms with Gasteiger partial charge in [0.2, 0.25) is 0 Å². The Hall–Kier alpha value is -0.260. The number of carbonyl (C=O) groups excluding carboxylic acids is 1. The van der Waals surface area contributed by atoms with Gasteiger partial charge in [0.25, 0.3) is 0 Å². The molecule has 0 bridgehead atoms. The van der Waals surface area contributed by atoms with Crippen LogP contribution in [0.1, 0.15) is 0 Å². The Kier molecular flexibility index (Phi) is 18.9. The first kappa shape index (κ1) is 16.4. The second-order valence-corrected chi connectivity index (χ2v) is 0.792. The van der Waals surface area contributed by atoms with Crippen LogP contribution >= 0.6 is 0 Å². The molecule has 0 rings (SSSR count). The van der Waals surface area contributed by atoms with Crippen molar-refractivity contribution in [2.45, 2.75) is 0 Å². The summed E-state index contributed by atoms with van der Waals surface area (Å²) in [6.07, 6.45) is -1.50. The molecule has 6 heteroatoms. The van der Waals surface area contributed by atoms with E-state index < -0.39 is 12.1 Å². The van der Waals surface area contributed by atoms with E-state index in [1.165, 1.54) is 0 Å². The van der Waals surface area contributed by atoms with Crippen LogP contribution < -0.4 is 10.2 Å². The van der Waals surface area contributed by atoms with Gasteiger partial charge in [-0.05, 0) is 6.16 Å². The number of aliphatic carboxylic acids is 1. The smallest absolute Gasteiger partial charge is 0.652 e. The molecule has 0 amide bonds. The maximum absolute atomic E-state index is 9.25. The minimum atomic E-state index is -2.33. The van der Waals surface area contributed by atoms with Crippen molar-refractivity contribution in [2.24, 2.45) is 0 Å². The normalized spacial score (nSPS) is 5.60. The van der Waals surface area contributed by atoms with E-state index in [-0.39, 0.29) is 37.7 Å². The fourth-order valence-electron chi connectivity index (χ4n) is 0. The second-order valence-electron chi connectivity index (χ2n) is 0.792. The van der Waals surface area contributed by atoms with Gasteiger partial charge in [-0.25, -0.2) is 4.79 Å². The zero-order valence-corrected chi connectivity index (χ0v) is 7.28. The summed E-state index contributed by atoms with van der Waals surface area (Å²) in [5.41, 5.74) is 0. The molecule has 0 aliphatic rings. The summed E-state index contributed by atoms with van der Waals surface area (Å²) in [4.78, 5) is 17.6. The molecule has 1 N–H and O–H groups in total. The minimum Gasteiger partial charge on any atom is -0.652 e. The SMILES string of the molecule is C=CC(=O)O.O=C([O-])[O-].[Ca+2]. The van der Waals surface area contributed by atoms with Crippen LogP contribution in [0.3, 0.4) is 0 Å². The van der Waals surface area contributed by atoms with E-state index in [2.05, 4.69) is 6.58 Å². The van der Waals surface area contributed by atoms with Crippen molar-refractivity contribution in [1.82, 2.24) is 0 Å². The average Bonchev–Trinajstić information content (AvgIpc) is 1.65. The molecule has 0 aliphatic carbocycles. The predicted octanol–water partition coefficient (Wildman–Crippen LogP) is -2.57. The van der Waals surface area contributed by atoms with Crippen molar-refractivity contribution < 1.29 is 24.9 Å². The summed E-state index contributed by atoms with van der Waals surface area (Å²) in [6.45, 7) is 2.96. The number of hydrogen-bond acceptors (Lipinski definition) is 4. The van der Waals surface area contributed by atoms with E-state index >= 15 is 0 Å². The van der Waals surface area contributed by atoms with E-state index in [1.54, 1.807) is 0 Å². The van der Waals surface area contributed by atoms with Gasteiger partial charge in [-0.3, -0.25) is 0 Å². The van der Waals surface area contributed by atoms with E-state index in [4.69, 9.17) is 20.1 Å². The van der Waals surface area contributed by atoms with Gasteiger partial charge in [-0.2, -0.15) is 0 Å². The molecule has 0 atom stereocenters. The summed E-state index contributed by atoms with van der Waals surface area (Å²) in [5, 5.41) is 24.3. The van der Waals surface area contributed by atoms with Crippen LogP contribution in [-0.4, -0.2) is 55.0 Å². The maximum atomic E-state index is 9.25. The molecule has 0 radical (unpaired) electrons. The first-order valence-electron chi connectivity index (χ1n) is 1.74. The molecule has 0 unspecified atom stereocenters. The topological polar surface area (TPSA) is 100 Å². The predicted molar refractivity (Wildman–Crippen MR) is 29.0 cm³/mol. The maximum Gasteiger partial charge on any atom is 2.00 e. The summed E-state index contributed by atoms with van der Waals surface area (Å²) in [5.74, 6) is -0.981. The molecule has 0 spiro atoms. The quantitative estimate of drug-likeness (QED) is 0.346. The van der Waals surface area contributed by atoms with Crippen LogP contribution in [0.25, 0.3) is 0 Å². The Balaban J connectivity index is -0.0000000910. The molecule has 0 heterocycles. The minimum absolute atomic E-state index is 0. The Morgan fingerprint density at radius 1 is 1.40 bits per heavy atom. The average molecular weight is 172 g/mol. The third-order valence-corrected chi connectivity index (χ3v) is 0.175. The van der Waals surface area contributed by atoms with Crippen LogP contribution in [0.5, 0.6) is 0 Å². The van der Waals surface area contributed by atoms with Crippen molar-refractivity contribution in [3.05, 3.63) is 12.7 Å². The van der Waals surface area contributed by atoms with E-state index in [9.17, 15) is 4.79 Å². The second kappa shape index (κ2) is 11.5. The molecule has 0 aromatic carbocycles. The molecule has 0 saturated heterocycles. The van der Waals surface area contributed by atoms with Crippen LogP contribution in [0.2, 0.25) is 0 Å². The third-order valence-electron chi connectivity index (χ3n) is 0.175. The molecule has 0 aromatic heterocycles. The molecule has 0 aromatic rings. The molecular formula is C4H4CaO5. The van der Waals surface area contributed by atoms with Crippen molar-refractivity contribution >= 4 is 49.9 Å². The number of carboxylic acids is 1. The first-order valence-corrected chi connectivity index (χ1v) is 1.74. The molecule has 5 nitrogen and oxygen atoms in total. The fraction of sp³-hybridized carbons (Fsp3) is 0. The van der Waals surface area contributed by atoms with Gasteiger partial charge in [-0.1, -0.05) is 6.58 Å². The number of hydrogen-bond donors (Lipinski definition) is 1. The van der Waals surface area contributed by atoms with Crippen LogP contribution in [0.15, 0.2) is 12.7 Å².